The van der Waals surface area contributed by atoms with E-state index in [0.717, 1.165) is 0 Å². The van der Waals surface area contributed by atoms with E-state index >= 15 is 0 Å². The monoisotopic (exact) mass is 272 g/mol. The van der Waals surface area contributed by atoms with E-state index in [2.05, 4.69) is 45.6 Å². The Labute approximate surface area is 112 Å². The first-order valence-electron chi connectivity index (χ1n) is 7.09. The maximum Gasteiger partial charge on any atom is 0.192 e. The maximum atomic E-state index is 6.72. The smallest absolute Gasteiger partial charge is 0.192 e. The molecule has 0 bridgehead atoms. The molecule has 2 fully saturated rings. The molecule has 1 aliphatic heterocycles. The number of thioether (sulfide) groups is 1. The topological polar surface area (TPSA) is 9.23 Å². The van der Waals surface area contributed by atoms with Crippen molar-refractivity contribution in [1.82, 2.24) is 0 Å². The standard InChI is InChI=1S/C14H28OSSi/c1-13(2,3)17(4,5)15-12-8-6-9-14(12)10-7-11-16-14/h12H,6-11H2,1-5H3/t12-,14-/m0/s1. The fourth-order valence-corrected chi connectivity index (χ4v) is 6.00. The van der Waals surface area contributed by atoms with Crippen LogP contribution in [0, 0.1) is 0 Å². The van der Waals surface area contributed by atoms with Crippen LogP contribution in [0.15, 0.2) is 0 Å². The van der Waals surface area contributed by atoms with Gasteiger partial charge < -0.3 is 4.43 Å². The molecule has 2 atom stereocenters. The van der Waals surface area contributed by atoms with E-state index < -0.39 is 8.32 Å². The number of hydrogen-bond donors (Lipinski definition) is 0. The number of hydrogen-bond acceptors (Lipinski definition) is 2. The Kier molecular flexibility index (Phi) is 3.75. The zero-order valence-corrected chi connectivity index (χ0v) is 14.0. The molecule has 1 nitrogen and oxygen atoms in total. The lowest BCUT2D eigenvalue weighted by molar-refractivity contribution is 0.155. The second kappa shape index (κ2) is 4.57. The third-order valence-corrected chi connectivity index (χ3v) is 11.3. The molecule has 0 amide bonds. The van der Waals surface area contributed by atoms with Gasteiger partial charge in [0, 0.05) is 4.75 Å². The average Bonchev–Trinajstić information content (AvgIpc) is 2.77. The van der Waals surface area contributed by atoms with Gasteiger partial charge in [0.05, 0.1) is 6.10 Å². The van der Waals surface area contributed by atoms with Crippen molar-refractivity contribution in [1.29, 1.82) is 0 Å². The molecule has 1 saturated carbocycles. The molecular weight excluding hydrogens is 244 g/mol. The molecule has 1 aliphatic carbocycles. The zero-order chi connectivity index (χ0) is 12.7. The first-order chi connectivity index (χ1) is 7.77. The van der Waals surface area contributed by atoms with E-state index in [4.69, 9.17) is 4.43 Å². The molecular formula is C14H28OSSi. The van der Waals surface area contributed by atoms with Gasteiger partial charge in [0.1, 0.15) is 0 Å². The van der Waals surface area contributed by atoms with Crippen molar-refractivity contribution in [2.24, 2.45) is 0 Å². The highest BCUT2D eigenvalue weighted by atomic mass is 32.2. The van der Waals surface area contributed by atoms with Gasteiger partial charge in [-0.2, -0.15) is 11.8 Å². The van der Waals surface area contributed by atoms with Crippen LogP contribution in [0.1, 0.15) is 52.9 Å². The lowest BCUT2D eigenvalue weighted by atomic mass is 9.99. The van der Waals surface area contributed by atoms with Crippen molar-refractivity contribution < 1.29 is 4.43 Å². The van der Waals surface area contributed by atoms with Crippen molar-refractivity contribution >= 4 is 20.1 Å². The Morgan fingerprint density at radius 1 is 1.18 bits per heavy atom. The normalized spacial score (nSPS) is 34.8. The van der Waals surface area contributed by atoms with E-state index in [1.54, 1.807) is 0 Å². The Bertz CT molecular complexity index is 271. The minimum absolute atomic E-state index is 0.347. The maximum absolute atomic E-state index is 6.72. The predicted octanol–water partition coefficient (Wildman–Crippen LogP) is 4.83. The van der Waals surface area contributed by atoms with E-state index in [1.165, 1.54) is 37.9 Å². The van der Waals surface area contributed by atoms with Gasteiger partial charge in [0.2, 0.25) is 0 Å². The first kappa shape index (κ1) is 13.9. The van der Waals surface area contributed by atoms with Crippen molar-refractivity contribution in [2.45, 2.75) is 81.9 Å². The van der Waals surface area contributed by atoms with Gasteiger partial charge in [-0.15, -0.1) is 0 Å². The molecule has 2 rings (SSSR count). The van der Waals surface area contributed by atoms with Gasteiger partial charge >= 0.3 is 0 Å². The van der Waals surface area contributed by atoms with Crippen molar-refractivity contribution in [3.8, 4) is 0 Å². The lowest BCUT2D eigenvalue weighted by Crippen LogP contribution is -2.48. The molecule has 1 spiro atoms. The van der Waals surface area contributed by atoms with Crippen molar-refractivity contribution in [3.63, 3.8) is 0 Å². The second-order valence-electron chi connectivity index (χ2n) is 7.28. The van der Waals surface area contributed by atoms with Gasteiger partial charge in [-0.3, -0.25) is 0 Å². The fourth-order valence-electron chi connectivity index (χ4n) is 2.88. The summed E-state index contributed by atoms with van der Waals surface area (Å²) in [5.41, 5.74) is 0. The summed E-state index contributed by atoms with van der Waals surface area (Å²) in [4.78, 5) is 0. The summed E-state index contributed by atoms with van der Waals surface area (Å²) in [6, 6.07) is 0. The van der Waals surface area contributed by atoms with Crippen LogP contribution >= 0.6 is 11.8 Å². The molecule has 0 N–H and O–H groups in total. The van der Waals surface area contributed by atoms with E-state index in [-0.39, 0.29) is 0 Å². The summed E-state index contributed by atoms with van der Waals surface area (Å²) in [6.45, 7) is 11.9. The molecule has 0 aromatic rings. The highest BCUT2D eigenvalue weighted by Gasteiger charge is 2.50. The van der Waals surface area contributed by atoms with Gasteiger partial charge in [-0.25, -0.2) is 0 Å². The van der Waals surface area contributed by atoms with E-state index in [1.807, 2.05) is 0 Å². The molecule has 3 heteroatoms. The third-order valence-electron chi connectivity index (χ3n) is 5.03. The predicted molar refractivity (Wildman–Crippen MR) is 80.3 cm³/mol. The summed E-state index contributed by atoms with van der Waals surface area (Å²) >= 11 is 2.21. The Morgan fingerprint density at radius 2 is 1.82 bits per heavy atom. The van der Waals surface area contributed by atoms with Crippen LogP contribution < -0.4 is 0 Å². The second-order valence-corrected chi connectivity index (χ2v) is 13.5. The van der Waals surface area contributed by atoms with Crippen LogP contribution in [-0.2, 0) is 4.43 Å². The van der Waals surface area contributed by atoms with Gasteiger partial charge in [-0.05, 0) is 56.0 Å². The van der Waals surface area contributed by atoms with Crippen LogP contribution in [0.5, 0.6) is 0 Å². The highest BCUT2D eigenvalue weighted by molar-refractivity contribution is 8.01. The van der Waals surface area contributed by atoms with Gasteiger partial charge in [-0.1, -0.05) is 20.8 Å². The Balaban J connectivity index is 2.08. The van der Waals surface area contributed by atoms with Crippen LogP contribution in [0.2, 0.25) is 18.1 Å². The lowest BCUT2D eigenvalue weighted by Gasteiger charge is -2.42. The molecule has 17 heavy (non-hydrogen) atoms. The summed E-state index contributed by atoms with van der Waals surface area (Å²) in [7, 11) is -1.58. The third kappa shape index (κ3) is 2.61. The van der Waals surface area contributed by atoms with Crippen LogP contribution in [0.3, 0.4) is 0 Å². The summed E-state index contributed by atoms with van der Waals surface area (Å²) < 4.78 is 7.23. The van der Waals surface area contributed by atoms with Gasteiger partial charge in [0.25, 0.3) is 0 Å². The van der Waals surface area contributed by atoms with Crippen molar-refractivity contribution in [2.75, 3.05) is 5.75 Å². The molecule has 0 aromatic carbocycles. The summed E-state index contributed by atoms with van der Waals surface area (Å²) in [5.74, 6) is 1.36. The van der Waals surface area contributed by atoms with Gasteiger partial charge in [0.15, 0.2) is 8.32 Å². The van der Waals surface area contributed by atoms with E-state index in [9.17, 15) is 0 Å². The molecule has 1 saturated heterocycles. The summed E-state index contributed by atoms with van der Waals surface area (Å²) in [5, 5.41) is 0.347. The van der Waals surface area contributed by atoms with Crippen LogP contribution in [-0.4, -0.2) is 24.9 Å². The molecule has 100 valence electrons. The Hall–Kier alpha value is 0.527. The van der Waals surface area contributed by atoms with Crippen LogP contribution in [0.4, 0.5) is 0 Å². The van der Waals surface area contributed by atoms with E-state index in [0.29, 0.717) is 15.9 Å². The zero-order valence-electron chi connectivity index (χ0n) is 12.1. The molecule has 0 unspecified atom stereocenters. The molecule has 2 aliphatic rings. The highest BCUT2D eigenvalue weighted by Crippen LogP contribution is 2.52. The average molecular weight is 273 g/mol. The minimum atomic E-state index is -1.58. The quantitative estimate of drug-likeness (QED) is 0.666. The molecule has 1 heterocycles. The van der Waals surface area contributed by atoms with Crippen LogP contribution in [0.25, 0.3) is 0 Å². The van der Waals surface area contributed by atoms with Crippen molar-refractivity contribution in [3.05, 3.63) is 0 Å². The SMILES string of the molecule is CC(C)(C)[Si](C)(C)O[C@H]1CCC[C@]12CCCS2. The molecule has 0 aromatic heterocycles. The molecule has 0 radical (unpaired) electrons. The first-order valence-corrected chi connectivity index (χ1v) is 11.0. The number of rotatable bonds is 2. The largest absolute Gasteiger partial charge is 0.413 e. The Morgan fingerprint density at radius 3 is 2.35 bits per heavy atom. The fraction of sp³-hybridized carbons (Fsp3) is 1.00. The minimum Gasteiger partial charge on any atom is -0.413 e. The summed E-state index contributed by atoms with van der Waals surface area (Å²) in [6.07, 6.45) is 7.44.